The van der Waals surface area contributed by atoms with E-state index in [9.17, 15) is 23.7 Å². The molecule has 0 radical (unpaired) electrons. The zero-order chi connectivity index (χ0) is 18.8. The number of hydrogen-bond acceptors (Lipinski definition) is 6. The highest BCUT2D eigenvalue weighted by Gasteiger charge is 2.25. The van der Waals surface area contributed by atoms with Crippen molar-refractivity contribution in [3.63, 3.8) is 0 Å². The molecule has 0 unspecified atom stereocenters. The molecule has 0 saturated heterocycles. The highest BCUT2D eigenvalue weighted by Crippen LogP contribution is 2.27. The molecular weight excluding hydrogens is 348 g/mol. The van der Waals surface area contributed by atoms with Crippen molar-refractivity contribution >= 4 is 29.3 Å². The monoisotopic (exact) mass is 359 g/mol. The van der Waals surface area contributed by atoms with Gasteiger partial charge in [0.1, 0.15) is 5.69 Å². The predicted molar refractivity (Wildman–Crippen MR) is 89.6 cm³/mol. The number of nitro benzene ring substituents is 1. The standard InChI is InChI=1S/C17H11F2N3O4/c1-20-13-5-2-9(7-15(13)22(24)25)6-14-17(23)26-16(21-14)10-3-4-11(18)12(19)8-10/h2-8,20H,1H3. The number of nitro groups is 1. The number of rotatable bonds is 4. The summed E-state index contributed by atoms with van der Waals surface area (Å²) < 4.78 is 31.3. The fourth-order valence-electron chi connectivity index (χ4n) is 2.32. The molecule has 0 aliphatic carbocycles. The smallest absolute Gasteiger partial charge is 0.363 e. The quantitative estimate of drug-likeness (QED) is 0.391. The molecule has 0 atom stereocenters. The van der Waals surface area contributed by atoms with Gasteiger partial charge in [-0.2, -0.15) is 0 Å². The predicted octanol–water partition coefficient (Wildman–Crippen LogP) is 3.26. The number of hydrogen-bond donors (Lipinski definition) is 1. The van der Waals surface area contributed by atoms with Crippen LogP contribution in [0.1, 0.15) is 11.1 Å². The molecule has 2 aromatic carbocycles. The summed E-state index contributed by atoms with van der Waals surface area (Å²) in [5.74, 6) is -3.12. The minimum absolute atomic E-state index is 0.0946. The molecule has 0 aromatic heterocycles. The van der Waals surface area contributed by atoms with Crippen molar-refractivity contribution < 1.29 is 23.2 Å². The van der Waals surface area contributed by atoms with E-state index >= 15 is 0 Å². The molecule has 0 fully saturated rings. The molecule has 0 spiro atoms. The van der Waals surface area contributed by atoms with Crippen LogP contribution in [-0.2, 0) is 9.53 Å². The van der Waals surface area contributed by atoms with Crippen molar-refractivity contribution in [2.24, 2.45) is 4.99 Å². The van der Waals surface area contributed by atoms with Gasteiger partial charge >= 0.3 is 5.97 Å². The molecule has 1 aliphatic rings. The number of nitrogens with zero attached hydrogens (tertiary/aromatic N) is 2. The van der Waals surface area contributed by atoms with Gasteiger partial charge in [0.05, 0.1) is 4.92 Å². The molecule has 26 heavy (non-hydrogen) atoms. The number of aliphatic imine (C=N–C) groups is 1. The van der Waals surface area contributed by atoms with E-state index in [4.69, 9.17) is 4.74 Å². The molecule has 1 heterocycles. The van der Waals surface area contributed by atoms with Crippen LogP contribution in [0.5, 0.6) is 0 Å². The Kier molecular flexibility index (Phi) is 4.44. The molecule has 2 aromatic rings. The Morgan fingerprint density at radius 3 is 2.62 bits per heavy atom. The largest absolute Gasteiger partial charge is 0.402 e. The molecule has 0 saturated carbocycles. The van der Waals surface area contributed by atoms with Crippen LogP contribution in [0, 0.1) is 21.7 Å². The molecule has 0 amide bonds. The molecule has 1 N–H and O–H groups in total. The average Bonchev–Trinajstić information content (AvgIpc) is 2.98. The maximum Gasteiger partial charge on any atom is 0.363 e. The highest BCUT2D eigenvalue weighted by molar-refractivity contribution is 6.12. The Bertz CT molecular complexity index is 986. The molecule has 0 bridgehead atoms. The third-order valence-electron chi connectivity index (χ3n) is 3.58. The van der Waals surface area contributed by atoms with Crippen molar-refractivity contribution in [1.82, 2.24) is 0 Å². The van der Waals surface area contributed by atoms with E-state index in [1.165, 1.54) is 24.3 Å². The van der Waals surface area contributed by atoms with Crippen LogP contribution in [-0.4, -0.2) is 23.8 Å². The van der Waals surface area contributed by atoms with Crippen LogP contribution < -0.4 is 5.32 Å². The van der Waals surface area contributed by atoms with Gasteiger partial charge in [-0.3, -0.25) is 10.1 Å². The maximum absolute atomic E-state index is 13.3. The van der Waals surface area contributed by atoms with Gasteiger partial charge in [0.15, 0.2) is 17.3 Å². The summed E-state index contributed by atoms with van der Waals surface area (Å²) in [7, 11) is 1.55. The lowest BCUT2D eigenvalue weighted by Gasteiger charge is -2.02. The fourth-order valence-corrected chi connectivity index (χ4v) is 2.32. The number of halogens is 2. The van der Waals surface area contributed by atoms with Crippen molar-refractivity contribution in [3.8, 4) is 0 Å². The first-order valence-corrected chi connectivity index (χ1v) is 7.33. The lowest BCUT2D eigenvalue weighted by atomic mass is 10.1. The van der Waals surface area contributed by atoms with Crippen LogP contribution in [0.2, 0.25) is 0 Å². The van der Waals surface area contributed by atoms with Gasteiger partial charge in [-0.15, -0.1) is 0 Å². The van der Waals surface area contributed by atoms with Crippen LogP contribution in [0.4, 0.5) is 20.2 Å². The van der Waals surface area contributed by atoms with Gasteiger partial charge in [0, 0.05) is 18.7 Å². The van der Waals surface area contributed by atoms with E-state index in [1.54, 1.807) is 13.1 Å². The van der Waals surface area contributed by atoms with Crippen molar-refractivity contribution in [2.75, 3.05) is 12.4 Å². The van der Waals surface area contributed by atoms with E-state index in [0.717, 1.165) is 12.1 Å². The summed E-state index contributed by atoms with van der Waals surface area (Å²) in [4.78, 5) is 26.4. The summed E-state index contributed by atoms with van der Waals surface area (Å²) in [6.07, 6.45) is 1.31. The Morgan fingerprint density at radius 1 is 1.19 bits per heavy atom. The van der Waals surface area contributed by atoms with Gasteiger partial charge in [-0.1, -0.05) is 6.07 Å². The van der Waals surface area contributed by atoms with Gasteiger partial charge in [-0.05, 0) is 35.9 Å². The van der Waals surface area contributed by atoms with Crippen LogP contribution in [0.15, 0.2) is 47.1 Å². The second kappa shape index (κ2) is 6.71. The minimum Gasteiger partial charge on any atom is -0.402 e. The average molecular weight is 359 g/mol. The summed E-state index contributed by atoms with van der Waals surface area (Å²) in [6.45, 7) is 0. The highest BCUT2D eigenvalue weighted by atomic mass is 19.2. The summed E-state index contributed by atoms with van der Waals surface area (Å²) in [6, 6.07) is 7.30. The van der Waals surface area contributed by atoms with E-state index in [0.29, 0.717) is 11.3 Å². The Morgan fingerprint density at radius 2 is 1.96 bits per heavy atom. The van der Waals surface area contributed by atoms with Crippen molar-refractivity contribution in [1.29, 1.82) is 0 Å². The number of anilines is 1. The normalized spacial score (nSPS) is 15.0. The number of nitrogens with one attached hydrogen (secondary N) is 1. The molecule has 3 rings (SSSR count). The molecule has 132 valence electrons. The molecule has 1 aliphatic heterocycles. The van der Waals surface area contributed by atoms with Crippen LogP contribution >= 0.6 is 0 Å². The second-order valence-electron chi connectivity index (χ2n) is 5.25. The zero-order valence-corrected chi connectivity index (χ0v) is 13.3. The van der Waals surface area contributed by atoms with Gasteiger partial charge in [0.25, 0.3) is 5.69 Å². The second-order valence-corrected chi connectivity index (χ2v) is 5.25. The van der Waals surface area contributed by atoms with Crippen LogP contribution in [0.3, 0.4) is 0 Å². The third-order valence-corrected chi connectivity index (χ3v) is 3.58. The number of ether oxygens (including phenoxy) is 1. The topological polar surface area (TPSA) is 93.8 Å². The Hall–Kier alpha value is -3.62. The van der Waals surface area contributed by atoms with Crippen molar-refractivity contribution in [3.05, 3.63) is 75.0 Å². The molecular formula is C17H11F2N3O4. The summed E-state index contributed by atoms with van der Waals surface area (Å²) >= 11 is 0. The maximum atomic E-state index is 13.3. The third kappa shape index (κ3) is 3.27. The number of cyclic esters (lactones) is 1. The first-order valence-electron chi connectivity index (χ1n) is 7.33. The lowest BCUT2D eigenvalue weighted by molar-refractivity contribution is -0.384. The Labute approximate surface area is 145 Å². The fraction of sp³-hybridized carbons (Fsp3) is 0.0588. The zero-order valence-electron chi connectivity index (χ0n) is 13.3. The number of carbonyl (C=O) groups excluding carboxylic acids is 1. The van der Waals surface area contributed by atoms with Crippen molar-refractivity contribution in [2.45, 2.75) is 0 Å². The first-order chi connectivity index (χ1) is 12.4. The van der Waals surface area contributed by atoms with Gasteiger partial charge < -0.3 is 10.1 Å². The number of benzene rings is 2. The van der Waals surface area contributed by atoms with E-state index in [2.05, 4.69) is 10.3 Å². The van der Waals surface area contributed by atoms with Gasteiger partial charge in [0.2, 0.25) is 5.90 Å². The summed E-state index contributed by atoms with van der Waals surface area (Å²) in [5.41, 5.74) is 0.487. The number of carbonyl (C=O) groups is 1. The summed E-state index contributed by atoms with van der Waals surface area (Å²) in [5, 5.41) is 13.8. The molecule has 9 heteroatoms. The minimum atomic E-state index is -1.10. The SMILES string of the molecule is CNc1ccc(C=C2N=C(c3ccc(F)c(F)c3)OC2=O)cc1[N+](=O)[O-]. The first kappa shape index (κ1) is 17.2. The van der Waals surface area contributed by atoms with E-state index < -0.39 is 22.5 Å². The number of esters is 1. The Balaban J connectivity index is 1.97. The van der Waals surface area contributed by atoms with E-state index in [-0.39, 0.29) is 22.8 Å². The van der Waals surface area contributed by atoms with Crippen LogP contribution in [0.25, 0.3) is 6.08 Å². The van der Waals surface area contributed by atoms with E-state index in [1.807, 2.05) is 0 Å². The lowest BCUT2D eigenvalue weighted by Crippen LogP contribution is -2.06. The molecule has 7 nitrogen and oxygen atoms in total. The van der Waals surface area contributed by atoms with Gasteiger partial charge in [-0.25, -0.2) is 18.6 Å².